The number of methoxy groups -OCH3 is 3. The maximum atomic E-state index is 13.1. The third kappa shape index (κ3) is 4.96. The van der Waals surface area contributed by atoms with E-state index in [1.165, 1.54) is 26.2 Å². The van der Waals surface area contributed by atoms with Crippen molar-refractivity contribution in [3.8, 4) is 17.2 Å². The summed E-state index contributed by atoms with van der Waals surface area (Å²) in [6.45, 7) is 4.20. The van der Waals surface area contributed by atoms with E-state index in [4.69, 9.17) is 18.9 Å². The molecule has 1 amide bonds. The van der Waals surface area contributed by atoms with Crippen molar-refractivity contribution in [1.29, 1.82) is 0 Å². The highest BCUT2D eigenvalue weighted by Crippen LogP contribution is 2.43. The monoisotopic (exact) mass is 455 g/mol. The number of nitrogens with zero attached hydrogens (tertiary/aromatic N) is 1. The van der Waals surface area contributed by atoms with Crippen molar-refractivity contribution in [1.82, 2.24) is 4.90 Å². The Hall–Kier alpha value is -3.52. The van der Waals surface area contributed by atoms with E-state index < -0.39 is 17.7 Å². The molecule has 1 saturated heterocycles. The first kappa shape index (κ1) is 24.1. The molecule has 8 heteroatoms. The number of hydrogen-bond donors (Lipinski definition) is 1. The number of benzene rings is 2. The second-order valence-corrected chi connectivity index (χ2v) is 7.78. The summed E-state index contributed by atoms with van der Waals surface area (Å²) in [5.41, 5.74) is 0.886. The van der Waals surface area contributed by atoms with Gasteiger partial charge in [0.25, 0.3) is 11.7 Å². The van der Waals surface area contributed by atoms with Gasteiger partial charge in [-0.15, -0.1) is 0 Å². The van der Waals surface area contributed by atoms with Gasteiger partial charge in [0.2, 0.25) is 0 Å². The number of ketones is 1. The third-order valence-corrected chi connectivity index (χ3v) is 5.31. The van der Waals surface area contributed by atoms with Crippen LogP contribution >= 0.6 is 0 Å². The van der Waals surface area contributed by atoms with Crippen molar-refractivity contribution in [2.75, 3.05) is 34.5 Å². The molecule has 2 aromatic rings. The third-order valence-electron chi connectivity index (χ3n) is 5.31. The summed E-state index contributed by atoms with van der Waals surface area (Å²) in [4.78, 5) is 27.4. The van der Waals surface area contributed by atoms with Gasteiger partial charge in [-0.25, -0.2) is 0 Å². The van der Waals surface area contributed by atoms with Gasteiger partial charge >= 0.3 is 0 Å². The molecule has 176 valence electrons. The lowest BCUT2D eigenvalue weighted by Gasteiger charge is -2.26. The van der Waals surface area contributed by atoms with Gasteiger partial charge in [-0.1, -0.05) is 0 Å². The van der Waals surface area contributed by atoms with E-state index in [-0.39, 0.29) is 30.6 Å². The lowest BCUT2D eigenvalue weighted by atomic mass is 9.94. The minimum atomic E-state index is -0.878. The number of Topliss-reactive ketones (excluding diaryl/α,β-unsaturated/α-hetero) is 1. The maximum Gasteiger partial charge on any atom is 0.295 e. The van der Waals surface area contributed by atoms with E-state index >= 15 is 0 Å². The summed E-state index contributed by atoms with van der Waals surface area (Å²) in [6, 6.07) is 10.9. The summed E-state index contributed by atoms with van der Waals surface area (Å²) in [5, 5.41) is 11.2. The van der Waals surface area contributed by atoms with Crippen LogP contribution in [-0.4, -0.2) is 62.3 Å². The lowest BCUT2D eigenvalue weighted by Crippen LogP contribution is -2.32. The highest BCUT2D eigenvalue weighted by Gasteiger charge is 2.47. The standard InChI is InChI=1S/C25H29NO7/c1-15(2)33-17-8-6-16(7-9-17)23(27)21-22(26(12-13-30-3)25(29)24(21)28)19-14-18(31-4)10-11-20(19)32-5/h6-11,14-15,22,27H,12-13H2,1-5H3/b23-21+. The predicted molar refractivity (Wildman–Crippen MR) is 123 cm³/mol. The molecule has 1 fully saturated rings. The maximum absolute atomic E-state index is 13.1. The smallest absolute Gasteiger partial charge is 0.295 e. The number of hydrogen-bond acceptors (Lipinski definition) is 7. The van der Waals surface area contributed by atoms with Crippen LogP contribution in [0.1, 0.15) is 31.0 Å². The normalized spacial score (nSPS) is 17.5. The van der Waals surface area contributed by atoms with Gasteiger partial charge in [0.15, 0.2) is 0 Å². The van der Waals surface area contributed by atoms with Crippen LogP contribution in [0.4, 0.5) is 0 Å². The van der Waals surface area contributed by atoms with E-state index in [0.717, 1.165) is 0 Å². The van der Waals surface area contributed by atoms with Gasteiger partial charge in [0.05, 0.1) is 38.5 Å². The number of aliphatic hydroxyl groups excluding tert-OH is 1. The molecule has 1 atom stereocenters. The fourth-order valence-corrected chi connectivity index (χ4v) is 3.80. The molecular formula is C25H29NO7. The molecule has 1 unspecified atom stereocenters. The number of likely N-dealkylation sites (tertiary alicyclic amines) is 1. The quantitative estimate of drug-likeness (QED) is 0.351. The van der Waals surface area contributed by atoms with Gasteiger partial charge in [-0.05, 0) is 56.3 Å². The Morgan fingerprint density at radius 3 is 2.24 bits per heavy atom. The molecule has 1 aliphatic rings. The fraction of sp³-hybridized carbons (Fsp3) is 0.360. The Morgan fingerprint density at radius 1 is 1.00 bits per heavy atom. The Balaban J connectivity index is 2.17. The number of carbonyl (C=O) groups is 2. The minimum Gasteiger partial charge on any atom is -0.507 e. The summed E-state index contributed by atoms with van der Waals surface area (Å²) >= 11 is 0. The zero-order valence-electron chi connectivity index (χ0n) is 19.5. The van der Waals surface area contributed by atoms with Gasteiger partial charge < -0.3 is 29.0 Å². The zero-order chi connectivity index (χ0) is 24.1. The van der Waals surface area contributed by atoms with Crippen molar-refractivity contribution >= 4 is 17.4 Å². The Bertz CT molecular complexity index is 1040. The molecule has 0 aromatic heterocycles. The molecule has 2 aromatic carbocycles. The van der Waals surface area contributed by atoms with Crippen LogP contribution in [-0.2, 0) is 14.3 Å². The average molecular weight is 456 g/mol. The molecular weight excluding hydrogens is 426 g/mol. The molecule has 0 bridgehead atoms. The van der Waals surface area contributed by atoms with E-state index in [1.54, 1.807) is 42.5 Å². The molecule has 0 spiro atoms. The first-order valence-corrected chi connectivity index (χ1v) is 10.6. The van der Waals surface area contributed by atoms with Crippen molar-refractivity contribution in [3.05, 3.63) is 59.2 Å². The number of ether oxygens (including phenoxy) is 4. The number of rotatable bonds is 9. The van der Waals surface area contributed by atoms with Gasteiger partial charge in [0, 0.05) is 24.8 Å². The highest BCUT2D eigenvalue weighted by atomic mass is 16.5. The largest absolute Gasteiger partial charge is 0.507 e. The summed E-state index contributed by atoms with van der Waals surface area (Å²) < 4.78 is 21.7. The first-order valence-electron chi connectivity index (χ1n) is 10.6. The van der Waals surface area contributed by atoms with Gasteiger partial charge in [-0.2, -0.15) is 0 Å². The number of amides is 1. The van der Waals surface area contributed by atoms with Gasteiger partial charge in [-0.3, -0.25) is 9.59 Å². The molecule has 33 heavy (non-hydrogen) atoms. The van der Waals surface area contributed by atoms with Gasteiger partial charge in [0.1, 0.15) is 23.0 Å². The zero-order valence-corrected chi connectivity index (χ0v) is 19.5. The minimum absolute atomic E-state index is 0.00363. The van der Waals surface area contributed by atoms with E-state index in [9.17, 15) is 14.7 Å². The summed E-state index contributed by atoms with van der Waals surface area (Å²) in [7, 11) is 4.53. The molecule has 0 radical (unpaired) electrons. The molecule has 1 aliphatic heterocycles. The van der Waals surface area contributed by atoms with Crippen LogP contribution in [0.5, 0.6) is 17.2 Å². The van der Waals surface area contributed by atoms with Crippen molar-refractivity contribution in [2.24, 2.45) is 0 Å². The Labute approximate surface area is 193 Å². The van der Waals surface area contributed by atoms with Crippen LogP contribution < -0.4 is 14.2 Å². The highest BCUT2D eigenvalue weighted by molar-refractivity contribution is 6.46. The van der Waals surface area contributed by atoms with Crippen molar-refractivity contribution in [3.63, 3.8) is 0 Å². The molecule has 0 aliphatic carbocycles. The lowest BCUT2D eigenvalue weighted by molar-refractivity contribution is -0.140. The van der Waals surface area contributed by atoms with Crippen molar-refractivity contribution < 1.29 is 33.6 Å². The van der Waals surface area contributed by atoms with Crippen LogP contribution in [0.25, 0.3) is 5.76 Å². The van der Waals surface area contributed by atoms with Crippen LogP contribution in [0.3, 0.4) is 0 Å². The van der Waals surface area contributed by atoms with Crippen LogP contribution in [0.2, 0.25) is 0 Å². The average Bonchev–Trinajstić information content (AvgIpc) is 3.06. The fourth-order valence-electron chi connectivity index (χ4n) is 3.80. The predicted octanol–water partition coefficient (Wildman–Crippen LogP) is 3.56. The van der Waals surface area contributed by atoms with Crippen LogP contribution in [0.15, 0.2) is 48.0 Å². The van der Waals surface area contributed by atoms with E-state index in [0.29, 0.717) is 28.4 Å². The molecule has 0 saturated carbocycles. The topological polar surface area (TPSA) is 94.5 Å². The SMILES string of the molecule is COCCN1C(=O)C(=O)/C(=C(/O)c2ccc(OC(C)C)cc2)C1c1cc(OC)ccc1OC. The first-order chi connectivity index (χ1) is 15.8. The number of aliphatic hydroxyl groups is 1. The Kier molecular flexibility index (Phi) is 7.60. The molecule has 8 nitrogen and oxygen atoms in total. The van der Waals surface area contributed by atoms with Crippen LogP contribution in [0, 0.1) is 0 Å². The Morgan fingerprint density at radius 2 is 1.67 bits per heavy atom. The van der Waals surface area contributed by atoms with E-state index in [2.05, 4.69) is 0 Å². The molecule has 3 rings (SSSR count). The summed E-state index contributed by atoms with van der Waals surface area (Å²) in [6.07, 6.45) is -0.00363. The summed E-state index contributed by atoms with van der Waals surface area (Å²) in [5.74, 6) is -0.161. The second-order valence-electron chi connectivity index (χ2n) is 7.78. The number of carbonyl (C=O) groups excluding carboxylic acids is 2. The van der Waals surface area contributed by atoms with Crippen molar-refractivity contribution in [2.45, 2.75) is 26.0 Å². The molecule has 1 N–H and O–H groups in total. The molecule has 1 heterocycles. The second kappa shape index (κ2) is 10.4. The van der Waals surface area contributed by atoms with E-state index in [1.807, 2.05) is 13.8 Å².